The number of aryl methyl sites for hydroxylation is 2. The standard InChI is InChI=1S/C19H22N6O3/c1-4-17(24-14(3)9-18(22-24)25(27)28)19(26)21-16-10-20-23(12-16)11-15-8-6-5-7-13(15)2/h5-10,12,17H,4,11H2,1-3H3,(H,21,26). The molecule has 0 saturated carbocycles. The lowest BCUT2D eigenvalue weighted by molar-refractivity contribution is -0.389. The van der Waals surface area contributed by atoms with Crippen LogP contribution < -0.4 is 5.32 Å². The molecule has 1 N–H and O–H groups in total. The number of amides is 1. The van der Waals surface area contributed by atoms with Crippen LogP contribution in [0.25, 0.3) is 0 Å². The van der Waals surface area contributed by atoms with Crippen molar-refractivity contribution < 1.29 is 9.72 Å². The fourth-order valence-electron chi connectivity index (χ4n) is 3.05. The molecule has 1 atom stereocenters. The number of rotatable bonds is 7. The Kier molecular flexibility index (Phi) is 5.53. The number of aromatic nitrogens is 4. The number of nitro groups is 1. The zero-order chi connectivity index (χ0) is 20.3. The summed E-state index contributed by atoms with van der Waals surface area (Å²) in [7, 11) is 0. The molecule has 0 saturated heterocycles. The van der Waals surface area contributed by atoms with Crippen molar-refractivity contribution in [2.45, 2.75) is 39.8 Å². The SMILES string of the molecule is CCC(C(=O)Nc1cnn(Cc2ccccc2C)c1)n1nc([N+](=O)[O-])cc1C. The average molecular weight is 382 g/mol. The van der Waals surface area contributed by atoms with Crippen molar-refractivity contribution in [2.24, 2.45) is 0 Å². The molecule has 0 bridgehead atoms. The van der Waals surface area contributed by atoms with E-state index in [9.17, 15) is 14.9 Å². The van der Waals surface area contributed by atoms with E-state index in [1.54, 1.807) is 24.0 Å². The lowest BCUT2D eigenvalue weighted by Crippen LogP contribution is -2.27. The lowest BCUT2D eigenvalue weighted by atomic mass is 10.1. The second-order valence-electron chi connectivity index (χ2n) is 6.61. The number of hydrogen-bond donors (Lipinski definition) is 1. The maximum Gasteiger partial charge on any atom is 0.390 e. The Labute approximate surface area is 162 Å². The van der Waals surface area contributed by atoms with Crippen molar-refractivity contribution in [3.8, 4) is 0 Å². The molecule has 0 radical (unpaired) electrons. The number of benzene rings is 1. The summed E-state index contributed by atoms with van der Waals surface area (Å²) in [6.07, 6.45) is 3.79. The summed E-state index contributed by atoms with van der Waals surface area (Å²) in [5.74, 6) is -0.561. The molecule has 0 fully saturated rings. The van der Waals surface area contributed by atoms with Gasteiger partial charge in [-0.25, -0.2) is 0 Å². The van der Waals surface area contributed by atoms with Crippen LogP contribution in [-0.2, 0) is 11.3 Å². The van der Waals surface area contributed by atoms with Gasteiger partial charge < -0.3 is 15.4 Å². The third kappa shape index (κ3) is 4.08. The molecule has 9 heteroatoms. The van der Waals surface area contributed by atoms with Gasteiger partial charge in [-0.15, -0.1) is 0 Å². The zero-order valence-electron chi connectivity index (χ0n) is 16.0. The van der Waals surface area contributed by atoms with Crippen LogP contribution in [0.1, 0.15) is 36.2 Å². The van der Waals surface area contributed by atoms with Gasteiger partial charge in [-0.3, -0.25) is 9.48 Å². The number of anilines is 1. The molecule has 1 amide bonds. The molecule has 1 aromatic carbocycles. The summed E-state index contributed by atoms with van der Waals surface area (Å²) >= 11 is 0. The minimum absolute atomic E-state index is 0.269. The van der Waals surface area contributed by atoms with Crippen LogP contribution in [0.5, 0.6) is 0 Å². The van der Waals surface area contributed by atoms with Crippen LogP contribution in [0.2, 0.25) is 0 Å². The van der Waals surface area contributed by atoms with Gasteiger partial charge in [0.15, 0.2) is 6.04 Å². The predicted molar refractivity (Wildman–Crippen MR) is 104 cm³/mol. The third-order valence-corrected chi connectivity index (χ3v) is 4.58. The summed E-state index contributed by atoms with van der Waals surface area (Å²) in [6.45, 7) is 6.16. The normalized spacial score (nSPS) is 12.0. The number of carbonyl (C=O) groups is 1. The molecule has 2 heterocycles. The lowest BCUT2D eigenvalue weighted by Gasteiger charge is -2.13. The Morgan fingerprint density at radius 3 is 2.71 bits per heavy atom. The predicted octanol–water partition coefficient (Wildman–Crippen LogP) is 3.24. The molecule has 0 aliphatic heterocycles. The van der Waals surface area contributed by atoms with Gasteiger partial charge in [-0.05, 0) is 36.3 Å². The van der Waals surface area contributed by atoms with E-state index in [-0.39, 0.29) is 11.7 Å². The minimum atomic E-state index is -0.645. The van der Waals surface area contributed by atoms with Crippen molar-refractivity contribution in [1.29, 1.82) is 0 Å². The fourth-order valence-corrected chi connectivity index (χ4v) is 3.05. The number of nitrogens with zero attached hydrogens (tertiary/aromatic N) is 5. The van der Waals surface area contributed by atoms with Crippen LogP contribution >= 0.6 is 0 Å². The van der Waals surface area contributed by atoms with Crippen LogP contribution in [-0.4, -0.2) is 30.4 Å². The Morgan fingerprint density at radius 2 is 2.07 bits per heavy atom. The molecular weight excluding hydrogens is 360 g/mol. The second-order valence-corrected chi connectivity index (χ2v) is 6.61. The zero-order valence-corrected chi connectivity index (χ0v) is 16.0. The van der Waals surface area contributed by atoms with E-state index < -0.39 is 11.0 Å². The minimum Gasteiger partial charge on any atom is -0.358 e. The van der Waals surface area contributed by atoms with Gasteiger partial charge >= 0.3 is 5.82 Å². The van der Waals surface area contributed by atoms with Gasteiger partial charge in [0.2, 0.25) is 0 Å². The van der Waals surface area contributed by atoms with E-state index in [1.165, 1.54) is 16.3 Å². The Morgan fingerprint density at radius 1 is 1.32 bits per heavy atom. The maximum absolute atomic E-state index is 12.7. The van der Waals surface area contributed by atoms with Gasteiger partial charge in [-0.2, -0.15) is 9.78 Å². The van der Waals surface area contributed by atoms with Crippen molar-refractivity contribution >= 4 is 17.4 Å². The highest BCUT2D eigenvalue weighted by molar-refractivity contribution is 5.93. The third-order valence-electron chi connectivity index (χ3n) is 4.58. The summed E-state index contributed by atoms with van der Waals surface area (Å²) in [4.78, 5) is 23.1. The first-order chi connectivity index (χ1) is 13.4. The molecular formula is C19H22N6O3. The first-order valence-corrected chi connectivity index (χ1v) is 8.97. The van der Waals surface area contributed by atoms with Gasteiger partial charge in [0.05, 0.1) is 35.3 Å². The number of carbonyl (C=O) groups excluding carboxylic acids is 1. The number of nitrogens with one attached hydrogen (secondary N) is 1. The average Bonchev–Trinajstić information content (AvgIpc) is 3.25. The summed E-state index contributed by atoms with van der Waals surface area (Å²) < 4.78 is 3.15. The maximum atomic E-state index is 12.7. The first-order valence-electron chi connectivity index (χ1n) is 8.97. The van der Waals surface area contributed by atoms with Crippen molar-refractivity contribution in [1.82, 2.24) is 19.6 Å². The molecule has 0 aliphatic rings. The van der Waals surface area contributed by atoms with Crippen LogP contribution in [0.15, 0.2) is 42.7 Å². The highest BCUT2D eigenvalue weighted by Gasteiger charge is 2.27. The van der Waals surface area contributed by atoms with Crippen molar-refractivity contribution in [2.75, 3.05) is 5.32 Å². The number of hydrogen-bond acceptors (Lipinski definition) is 5. The smallest absolute Gasteiger partial charge is 0.358 e. The molecule has 9 nitrogen and oxygen atoms in total. The van der Waals surface area contributed by atoms with Gasteiger partial charge in [0, 0.05) is 6.20 Å². The van der Waals surface area contributed by atoms with Gasteiger partial charge in [-0.1, -0.05) is 31.2 Å². The first kappa shape index (κ1) is 19.3. The van der Waals surface area contributed by atoms with E-state index in [2.05, 4.69) is 15.5 Å². The Hall–Kier alpha value is -3.49. The Balaban J connectivity index is 1.72. The summed E-state index contributed by atoms with van der Waals surface area (Å²) in [6, 6.07) is 8.75. The second kappa shape index (κ2) is 8.03. The molecule has 0 spiro atoms. The molecule has 28 heavy (non-hydrogen) atoms. The molecule has 2 aromatic heterocycles. The largest absolute Gasteiger partial charge is 0.390 e. The molecule has 0 aliphatic carbocycles. The van der Waals surface area contributed by atoms with E-state index in [0.717, 1.165) is 5.56 Å². The van der Waals surface area contributed by atoms with Crippen molar-refractivity contribution in [3.63, 3.8) is 0 Å². The van der Waals surface area contributed by atoms with E-state index in [4.69, 9.17) is 0 Å². The molecule has 146 valence electrons. The van der Waals surface area contributed by atoms with E-state index >= 15 is 0 Å². The van der Waals surface area contributed by atoms with Crippen LogP contribution in [0.4, 0.5) is 11.5 Å². The fraction of sp³-hybridized carbons (Fsp3) is 0.316. The highest BCUT2D eigenvalue weighted by Crippen LogP contribution is 2.20. The molecule has 3 rings (SSSR count). The Bertz CT molecular complexity index is 1010. The quantitative estimate of drug-likeness (QED) is 0.498. The topological polar surface area (TPSA) is 108 Å². The van der Waals surface area contributed by atoms with Crippen molar-refractivity contribution in [3.05, 3.63) is 69.7 Å². The van der Waals surface area contributed by atoms with Gasteiger partial charge in [0.1, 0.15) is 0 Å². The van der Waals surface area contributed by atoms with Crippen LogP contribution in [0.3, 0.4) is 0 Å². The summed E-state index contributed by atoms with van der Waals surface area (Å²) in [5, 5.41) is 22.0. The molecule has 3 aromatic rings. The summed E-state index contributed by atoms with van der Waals surface area (Å²) in [5.41, 5.74) is 3.44. The van der Waals surface area contributed by atoms with E-state index in [1.807, 2.05) is 38.1 Å². The van der Waals surface area contributed by atoms with Crippen LogP contribution in [0, 0.1) is 24.0 Å². The molecule has 1 unspecified atom stereocenters. The van der Waals surface area contributed by atoms with Gasteiger partial charge in [0.25, 0.3) is 5.91 Å². The highest BCUT2D eigenvalue weighted by atomic mass is 16.6. The monoisotopic (exact) mass is 382 g/mol. The van der Waals surface area contributed by atoms with E-state index in [0.29, 0.717) is 24.3 Å².